The number of hydrogen-bond acceptors (Lipinski definition) is 4. The SMILES string of the molecule is CCCCCCCCOC(=O)CCCCCCCCC(=O)OCCC(C)C. The van der Waals surface area contributed by atoms with E-state index >= 15 is 0 Å². The fraction of sp³-hybridized carbons (Fsp3) is 0.913. The van der Waals surface area contributed by atoms with Crippen LogP contribution >= 0.6 is 0 Å². The third-order valence-electron chi connectivity index (χ3n) is 4.73. The van der Waals surface area contributed by atoms with E-state index in [1.54, 1.807) is 0 Å². The van der Waals surface area contributed by atoms with Crippen LogP contribution in [0.25, 0.3) is 0 Å². The zero-order chi connectivity index (χ0) is 20.2. The van der Waals surface area contributed by atoms with Gasteiger partial charge in [0.25, 0.3) is 0 Å². The van der Waals surface area contributed by atoms with E-state index in [1.165, 1.54) is 32.1 Å². The second-order valence-electron chi connectivity index (χ2n) is 8.01. The average molecular weight is 385 g/mol. The molecule has 0 amide bonds. The molecule has 0 aromatic heterocycles. The van der Waals surface area contributed by atoms with Gasteiger partial charge < -0.3 is 9.47 Å². The Hall–Kier alpha value is -1.06. The quantitative estimate of drug-likeness (QED) is 0.186. The number of carbonyl (C=O) groups is 2. The Morgan fingerprint density at radius 3 is 1.59 bits per heavy atom. The van der Waals surface area contributed by atoms with Crippen molar-refractivity contribution < 1.29 is 19.1 Å². The van der Waals surface area contributed by atoms with Crippen molar-refractivity contribution in [3.63, 3.8) is 0 Å². The van der Waals surface area contributed by atoms with Crippen LogP contribution < -0.4 is 0 Å². The minimum Gasteiger partial charge on any atom is -0.466 e. The molecule has 0 saturated heterocycles. The van der Waals surface area contributed by atoms with Crippen LogP contribution in [0.4, 0.5) is 0 Å². The van der Waals surface area contributed by atoms with Crippen molar-refractivity contribution in [2.75, 3.05) is 13.2 Å². The number of unbranched alkanes of at least 4 members (excludes halogenated alkanes) is 10. The molecule has 0 aromatic rings. The van der Waals surface area contributed by atoms with Gasteiger partial charge >= 0.3 is 11.9 Å². The van der Waals surface area contributed by atoms with Crippen molar-refractivity contribution in [1.29, 1.82) is 0 Å². The molecule has 0 radical (unpaired) electrons. The van der Waals surface area contributed by atoms with E-state index in [9.17, 15) is 9.59 Å². The van der Waals surface area contributed by atoms with Gasteiger partial charge in [-0.2, -0.15) is 0 Å². The molecule has 0 N–H and O–H groups in total. The molecule has 0 saturated carbocycles. The van der Waals surface area contributed by atoms with E-state index in [0.717, 1.165) is 51.4 Å². The summed E-state index contributed by atoms with van der Waals surface area (Å²) in [6, 6.07) is 0. The summed E-state index contributed by atoms with van der Waals surface area (Å²) in [5.41, 5.74) is 0. The normalized spacial score (nSPS) is 11.0. The zero-order valence-corrected chi connectivity index (χ0v) is 18.2. The van der Waals surface area contributed by atoms with E-state index in [-0.39, 0.29) is 11.9 Å². The number of rotatable bonds is 19. The molecule has 0 rings (SSSR count). The summed E-state index contributed by atoms with van der Waals surface area (Å²) in [5.74, 6) is 0.460. The van der Waals surface area contributed by atoms with Gasteiger partial charge in [-0.25, -0.2) is 0 Å². The van der Waals surface area contributed by atoms with Crippen LogP contribution in [0, 0.1) is 5.92 Å². The third kappa shape index (κ3) is 21.1. The molecule has 4 heteroatoms. The minimum atomic E-state index is -0.0660. The Balaban J connectivity index is 3.27. The summed E-state index contributed by atoms with van der Waals surface area (Å²) in [7, 11) is 0. The molecule has 0 unspecified atom stereocenters. The van der Waals surface area contributed by atoms with Crippen molar-refractivity contribution in [2.24, 2.45) is 5.92 Å². The molecule has 160 valence electrons. The Labute approximate surface area is 167 Å². The largest absolute Gasteiger partial charge is 0.466 e. The Morgan fingerprint density at radius 1 is 0.630 bits per heavy atom. The number of carbonyl (C=O) groups excluding carboxylic acids is 2. The maximum Gasteiger partial charge on any atom is 0.305 e. The first-order valence-corrected chi connectivity index (χ1v) is 11.4. The van der Waals surface area contributed by atoms with E-state index in [1.807, 2.05) is 0 Å². The van der Waals surface area contributed by atoms with E-state index in [0.29, 0.717) is 32.0 Å². The minimum absolute atomic E-state index is 0.0484. The van der Waals surface area contributed by atoms with Crippen LogP contribution in [0.1, 0.15) is 117 Å². The monoisotopic (exact) mass is 384 g/mol. The summed E-state index contributed by atoms with van der Waals surface area (Å²) >= 11 is 0. The van der Waals surface area contributed by atoms with Gasteiger partial charge in [0.2, 0.25) is 0 Å². The highest BCUT2D eigenvalue weighted by atomic mass is 16.5. The molecule has 0 fully saturated rings. The van der Waals surface area contributed by atoms with Gasteiger partial charge in [0.1, 0.15) is 0 Å². The zero-order valence-electron chi connectivity index (χ0n) is 18.2. The molecule has 0 aliphatic carbocycles. The number of hydrogen-bond donors (Lipinski definition) is 0. The van der Waals surface area contributed by atoms with Gasteiger partial charge in [-0.05, 0) is 31.6 Å². The van der Waals surface area contributed by atoms with Gasteiger partial charge in [-0.3, -0.25) is 9.59 Å². The Morgan fingerprint density at radius 2 is 1.07 bits per heavy atom. The molecule has 27 heavy (non-hydrogen) atoms. The summed E-state index contributed by atoms with van der Waals surface area (Å²) < 4.78 is 10.5. The van der Waals surface area contributed by atoms with Crippen LogP contribution in [-0.2, 0) is 19.1 Å². The van der Waals surface area contributed by atoms with Crippen LogP contribution in [0.2, 0.25) is 0 Å². The van der Waals surface area contributed by atoms with Gasteiger partial charge in [-0.1, -0.05) is 78.6 Å². The highest BCUT2D eigenvalue weighted by molar-refractivity contribution is 5.69. The summed E-state index contributed by atoms with van der Waals surface area (Å²) in [5, 5.41) is 0. The summed E-state index contributed by atoms with van der Waals surface area (Å²) in [6.07, 6.45) is 15.5. The average Bonchev–Trinajstić information content (AvgIpc) is 2.62. The lowest BCUT2D eigenvalue weighted by Crippen LogP contribution is -2.07. The third-order valence-corrected chi connectivity index (χ3v) is 4.73. The van der Waals surface area contributed by atoms with Crippen LogP contribution in [-0.4, -0.2) is 25.2 Å². The lowest BCUT2D eigenvalue weighted by Gasteiger charge is -2.07. The number of esters is 2. The Kier molecular flexibility index (Phi) is 18.9. The predicted octanol–water partition coefficient (Wildman–Crippen LogP) is 6.60. The summed E-state index contributed by atoms with van der Waals surface area (Å²) in [4.78, 5) is 23.2. The van der Waals surface area contributed by atoms with E-state index < -0.39 is 0 Å². The highest BCUT2D eigenvalue weighted by Crippen LogP contribution is 2.10. The first-order valence-electron chi connectivity index (χ1n) is 11.4. The predicted molar refractivity (Wildman–Crippen MR) is 112 cm³/mol. The molecule has 4 nitrogen and oxygen atoms in total. The maximum atomic E-state index is 11.6. The second kappa shape index (κ2) is 19.7. The maximum absolute atomic E-state index is 11.6. The molecule has 0 spiro atoms. The molecule has 0 atom stereocenters. The Bertz CT molecular complexity index is 352. The first-order chi connectivity index (χ1) is 13.1. The van der Waals surface area contributed by atoms with Gasteiger partial charge in [0, 0.05) is 12.8 Å². The molecular weight excluding hydrogens is 340 g/mol. The smallest absolute Gasteiger partial charge is 0.305 e. The molecule has 0 bridgehead atoms. The lowest BCUT2D eigenvalue weighted by atomic mass is 10.1. The molecule has 0 heterocycles. The molecule has 0 aromatic carbocycles. The van der Waals surface area contributed by atoms with Crippen LogP contribution in [0.5, 0.6) is 0 Å². The van der Waals surface area contributed by atoms with Gasteiger partial charge in [-0.15, -0.1) is 0 Å². The van der Waals surface area contributed by atoms with Crippen molar-refractivity contribution in [3.05, 3.63) is 0 Å². The van der Waals surface area contributed by atoms with Crippen molar-refractivity contribution >= 4 is 11.9 Å². The van der Waals surface area contributed by atoms with Crippen molar-refractivity contribution in [3.8, 4) is 0 Å². The topological polar surface area (TPSA) is 52.6 Å². The highest BCUT2D eigenvalue weighted by Gasteiger charge is 2.04. The van der Waals surface area contributed by atoms with E-state index in [2.05, 4.69) is 20.8 Å². The van der Waals surface area contributed by atoms with Gasteiger partial charge in [0.05, 0.1) is 13.2 Å². The standard InChI is InChI=1S/C23H44O4/c1-4-5-6-7-12-15-19-26-22(24)16-13-10-8-9-11-14-17-23(25)27-20-18-21(2)3/h21H,4-20H2,1-3H3. The number of ether oxygens (including phenoxy) is 2. The molecule has 0 aliphatic heterocycles. The summed E-state index contributed by atoms with van der Waals surface area (Å²) in [6.45, 7) is 7.60. The molecular formula is C23H44O4. The van der Waals surface area contributed by atoms with Crippen molar-refractivity contribution in [2.45, 2.75) is 117 Å². The van der Waals surface area contributed by atoms with Crippen molar-refractivity contribution in [1.82, 2.24) is 0 Å². The lowest BCUT2D eigenvalue weighted by molar-refractivity contribution is -0.145. The second-order valence-corrected chi connectivity index (χ2v) is 8.01. The fourth-order valence-electron chi connectivity index (χ4n) is 2.87. The van der Waals surface area contributed by atoms with Crippen LogP contribution in [0.15, 0.2) is 0 Å². The van der Waals surface area contributed by atoms with Crippen LogP contribution in [0.3, 0.4) is 0 Å². The first kappa shape index (κ1) is 25.9. The fourth-order valence-corrected chi connectivity index (χ4v) is 2.87. The van der Waals surface area contributed by atoms with Gasteiger partial charge in [0.15, 0.2) is 0 Å². The molecule has 0 aliphatic rings. The van der Waals surface area contributed by atoms with E-state index in [4.69, 9.17) is 9.47 Å².